The fraction of sp³-hybridized carbons (Fsp3) is 0.182. The van der Waals surface area contributed by atoms with E-state index in [1.165, 1.54) is 12.1 Å². The maximum absolute atomic E-state index is 10.5. The van der Waals surface area contributed by atoms with Crippen LogP contribution in [0.3, 0.4) is 0 Å². The van der Waals surface area contributed by atoms with E-state index < -0.39 is 4.92 Å². The van der Waals surface area contributed by atoms with E-state index in [2.05, 4.69) is 0 Å². The summed E-state index contributed by atoms with van der Waals surface area (Å²) in [4.78, 5) is 20.5. The lowest BCUT2D eigenvalue weighted by Gasteiger charge is -2.21. The minimum atomic E-state index is -0.443. The van der Waals surface area contributed by atoms with Gasteiger partial charge in [0, 0.05) is 12.1 Å². The second-order valence-electron chi connectivity index (χ2n) is 3.44. The molecular weight excluding hydrogens is 210 g/mol. The summed E-state index contributed by atoms with van der Waals surface area (Å²) in [6.45, 7) is 0. The number of nitrogens with zero attached hydrogens (tertiary/aromatic N) is 1. The van der Waals surface area contributed by atoms with Gasteiger partial charge in [-0.15, -0.1) is 0 Å². The Morgan fingerprint density at radius 3 is 2.50 bits per heavy atom. The van der Waals surface area contributed by atoms with Crippen molar-refractivity contribution in [3.05, 3.63) is 46.0 Å². The van der Waals surface area contributed by atoms with Crippen molar-refractivity contribution in [2.75, 3.05) is 0 Å². The Morgan fingerprint density at radius 2 is 2.00 bits per heavy atom. The van der Waals surface area contributed by atoms with Gasteiger partial charge in [0.25, 0.3) is 5.69 Å². The van der Waals surface area contributed by atoms with Gasteiger partial charge in [0.05, 0.1) is 11.3 Å². The molecule has 1 aromatic carbocycles. The number of carbonyl (C=O) groups excluding carboxylic acids is 1. The first-order valence-corrected chi connectivity index (χ1v) is 4.77. The van der Waals surface area contributed by atoms with Gasteiger partial charge >= 0.3 is 5.97 Å². The van der Waals surface area contributed by atoms with Crippen LogP contribution in [0.2, 0.25) is 0 Å². The number of hydrogen-bond donors (Lipinski definition) is 0. The van der Waals surface area contributed by atoms with Gasteiger partial charge in [-0.05, 0) is 23.8 Å². The van der Waals surface area contributed by atoms with Crippen molar-refractivity contribution in [3.8, 4) is 0 Å². The summed E-state index contributed by atoms with van der Waals surface area (Å²) in [6.07, 6.45) is 3.80. The number of non-ortho nitro benzene ring substituents is 1. The highest BCUT2D eigenvalue weighted by atomic mass is 16.6. The molecular formula is C11H9NO4. The van der Waals surface area contributed by atoms with Gasteiger partial charge in [-0.2, -0.15) is 0 Å². The summed E-state index contributed by atoms with van der Waals surface area (Å²) in [5, 5.41) is 10.4. The van der Waals surface area contributed by atoms with Crippen molar-refractivity contribution in [1.82, 2.24) is 0 Å². The molecule has 1 heterocycles. The summed E-state index contributed by atoms with van der Waals surface area (Å²) >= 11 is 0. The van der Waals surface area contributed by atoms with Gasteiger partial charge in [0.1, 0.15) is 6.10 Å². The third kappa shape index (κ3) is 2.25. The molecule has 0 radical (unpaired) electrons. The molecule has 1 saturated heterocycles. The molecule has 5 nitrogen and oxygen atoms in total. The molecule has 0 bridgehead atoms. The van der Waals surface area contributed by atoms with Crippen LogP contribution in [0.25, 0.3) is 6.08 Å². The highest BCUT2D eigenvalue weighted by Gasteiger charge is 2.25. The minimum absolute atomic E-state index is 0.0622. The molecule has 2 rings (SSSR count). The number of rotatable bonds is 3. The van der Waals surface area contributed by atoms with Crippen LogP contribution in [0.4, 0.5) is 5.69 Å². The molecule has 0 spiro atoms. The van der Waals surface area contributed by atoms with Crippen molar-refractivity contribution < 1.29 is 14.5 Å². The molecule has 1 aromatic rings. The van der Waals surface area contributed by atoms with E-state index in [0.717, 1.165) is 5.56 Å². The van der Waals surface area contributed by atoms with E-state index >= 15 is 0 Å². The molecule has 0 saturated carbocycles. The summed E-state index contributed by atoms with van der Waals surface area (Å²) in [7, 11) is 0. The molecule has 5 heteroatoms. The number of cyclic esters (lactones) is 1. The van der Waals surface area contributed by atoms with Crippen LogP contribution in [0.15, 0.2) is 30.3 Å². The second-order valence-corrected chi connectivity index (χ2v) is 3.44. The minimum Gasteiger partial charge on any atom is -0.457 e. The first-order valence-electron chi connectivity index (χ1n) is 4.77. The number of ether oxygens (including phenoxy) is 1. The van der Waals surface area contributed by atoms with E-state index in [0.29, 0.717) is 6.42 Å². The average Bonchev–Trinajstić information content (AvgIpc) is 2.23. The molecule has 0 aromatic heterocycles. The molecule has 0 amide bonds. The molecule has 0 N–H and O–H groups in total. The average molecular weight is 219 g/mol. The Balaban J connectivity index is 1.99. The van der Waals surface area contributed by atoms with Crippen LogP contribution >= 0.6 is 0 Å². The predicted molar refractivity (Wildman–Crippen MR) is 56.6 cm³/mol. The lowest BCUT2D eigenvalue weighted by molar-refractivity contribution is -0.384. The number of hydrogen-bond acceptors (Lipinski definition) is 4. The van der Waals surface area contributed by atoms with Crippen LogP contribution in [-0.4, -0.2) is 17.0 Å². The van der Waals surface area contributed by atoms with Crippen molar-refractivity contribution >= 4 is 17.7 Å². The van der Waals surface area contributed by atoms with E-state index in [-0.39, 0.29) is 17.8 Å². The SMILES string of the molecule is O=C1CC(/C=C/c2ccc([N+](=O)[O-])cc2)O1. The Hall–Kier alpha value is -2.17. The summed E-state index contributed by atoms with van der Waals surface area (Å²) in [5.74, 6) is -0.196. The van der Waals surface area contributed by atoms with E-state index in [4.69, 9.17) is 4.74 Å². The van der Waals surface area contributed by atoms with Crippen LogP contribution in [0.5, 0.6) is 0 Å². The molecule has 0 aliphatic carbocycles. The van der Waals surface area contributed by atoms with Gasteiger partial charge < -0.3 is 4.74 Å². The maximum atomic E-state index is 10.5. The number of carbonyl (C=O) groups is 1. The van der Waals surface area contributed by atoms with Crippen LogP contribution in [0, 0.1) is 10.1 Å². The highest BCUT2D eigenvalue weighted by Crippen LogP contribution is 2.17. The maximum Gasteiger partial charge on any atom is 0.310 e. The Labute approximate surface area is 91.5 Å². The summed E-state index contributed by atoms with van der Waals surface area (Å²) in [5.41, 5.74) is 0.903. The molecule has 1 unspecified atom stereocenters. The lowest BCUT2D eigenvalue weighted by atomic mass is 10.1. The van der Waals surface area contributed by atoms with Crippen LogP contribution in [0.1, 0.15) is 12.0 Å². The van der Waals surface area contributed by atoms with Gasteiger partial charge in [-0.1, -0.05) is 6.08 Å². The number of nitro groups is 1. The molecule has 1 aliphatic rings. The Morgan fingerprint density at radius 1 is 1.38 bits per heavy atom. The number of esters is 1. The zero-order valence-electron chi connectivity index (χ0n) is 8.33. The van der Waals surface area contributed by atoms with Crippen molar-refractivity contribution in [1.29, 1.82) is 0 Å². The first-order chi connectivity index (χ1) is 7.65. The largest absolute Gasteiger partial charge is 0.457 e. The number of benzene rings is 1. The molecule has 82 valence electrons. The van der Waals surface area contributed by atoms with Crippen LogP contribution < -0.4 is 0 Å². The lowest BCUT2D eigenvalue weighted by Crippen LogP contribution is -2.30. The summed E-state index contributed by atoms with van der Waals surface area (Å²) in [6, 6.07) is 6.17. The topological polar surface area (TPSA) is 69.4 Å². The fourth-order valence-corrected chi connectivity index (χ4v) is 1.36. The second kappa shape index (κ2) is 4.14. The fourth-order valence-electron chi connectivity index (χ4n) is 1.36. The third-order valence-electron chi connectivity index (χ3n) is 2.26. The van der Waals surface area contributed by atoms with Crippen LogP contribution in [-0.2, 0) is 9.53 Å². The van der Waals surface area contributed by atoms with Gasteiger partial charge in [0.2, 0.25) is 0 Å². The molecule has 1 atom stereocenters. The quantitative estimate of drug-likeness (QED) is 0.442. The zero-order chi connectivity index (χ0) is 11.5. The third-order valence-corrected chi connectivity index (χ3v) is 2.26. The van der Waals surface area contributed by atoms with Gasteiger partial charge in [-0.3, -0.25) is 14.9 Å². The van der Waals surface area contributed by atoms with Crippen molar-refractivity contribution in [3.63, 3.8) is 0 Å². The molecule has 1 fully saturated rings. The van der Waals surface area contributed by atoms with Gasteiger partial charge in [-0.25, -0.2) is 0 Å². The standard InChI is InChI=1S/C11H9NO4/c13-11-7-10(16-11)6-3-8-1-4-9(5-2-8)12(14)15/h1-6,10H,7H2/b6-3+. The zero-order valence-corrected chi connectivity index (χ0v) is 8.33. The smallest absolute Gasteiger partial charge is 0.310 e. The van der Waals surface area contributed by atoms with Crippen molar-refractivity contribution in [2.45, 2.75) is 12.5 Å². The Kier molecular flexibility index (Phi) is 2.68. The van der Waals surface area contributed by atoms with Gasteiger partial charge in [0.15, 0.2) is 0 Å². The predicted octanol–water partition coefficient (Wildman–Crippen LogP) is 1.92. The van der Waals surface area contributed by atoms with E-state index in [1.807, 2.05) is 0 Å². The monoisotopic (exact) mass is 219 g/mol. The summed E-state index contributed by atoms with van der Waals surface area (Å²) < 4.78 is 4.79. The number of nitro benzene ring substituents is 1. The Bertz CT molecular complexity index is 442. The van der Waals surface area contributed by atoms with Crippen molar-refractivity contribution in [2.24, 2.45) is 0 Å². The molecule has 1 aliphatic heterocycles. The highest BCUT2D eigenvalue weighted by molar-refractivity contribution is 5.76. The van der Waals surface area contributed by atoms with E-state index in [9.17, 15) is 14.9 Å². The molecule has 16 heavy (non-hydrogen) atoms. The first kappa shape index (κ1) is 10.4. The normalized spacial score (nSPS) is 19.2. The van der Waals surface area contributed by atoms with E-state index in [1.54, 1.807) is 24.3 Å².